The van der Waals surface area contributed by atoms with E-state index < -0.39 is 9.52 Å². The monoisotopic (exact) mass is 590 g/mol. The lowest BCUT2D eigenvalue weighted by molar-refractivity contribution is 0.435. The summed E-state index contributed by atoms with van der Waals surface area (Å²) in [6.45, 7) is 2.81. The quantitative estimate of drug-likeness (QED) is 0.296. The zero-order chi connectivity index (χ0) is 28.8. The second-order valence-corrected chi connectivity index (χ2v) is 15.5. The van der Waals surface area contributed by atoms with E-state index in [2.05, 4.69) is 26.1 Å². The van der Waals surface area contributed by atoms with Crippen molar-refractivity contribution in [2.45, 2.75) is 43.4 Å². The van der Waals surface area contributed by atoms with Crippen molar-refractivity contribution in [2.24, 2.45) is 17.1 Å². The van der Waals surface area contributed by atoms with Crippen molar-refractivity contribution < 1.29 is 13.3 Å². The Bertz CT molecular complexity index is 1680. The molecule has 3 N–H and O–H groups in total. The first kappa shape index (κ1) is 26.1. The van der Waals surface area contributed by atoms with Crippen molar-refractivity contribution >= 4 is 32.8 Å². The van der Waals surface area contributed by atoms with Crippen molar-refractivity contribution in [1.82, 2.24) is 19.9 Å². The summed E-state index contributed by atoms with van der Waals surface area (Å²) >= 11 is 0. The Labute approximate surface area is 244 Å². The highest BCUT2D eigenvalue weighted by Gasteiger charge is 2.54. The lowest BCUT2D eigenvalue weighted by Crippen LogP contribution is -2.56. The van der Waals surface area contributed by atoms with Crippen LogP contribution in [0.15, 0.2) is 24.5 Å². The molecule has 1 spiro atoms. The molecule has 12 heteroatoms. The molecule has 8 rings (SSSR count). The smallest absolute Gasteiger partial charge is 0.324 e. The van der Waals surface area contributed by atoms with Crippen LogP contribution >= 0.6 is 0 Å². The lowest BCUT2D eigenvalue weighted by Gasteiger charge is -2.40. The second kappa shape index (κ2) is 9.24. The summed E-state index contributed by atoms with van der Waals surface area (Å²) in [5, 5.41) is 3.22. The third kappa shape index (κ3) is 4.38. The van der Waals surface area contributed by atoms with Crippen molar-refractivity contribution in [3.8, 4) is 22.9 Å². The summed E-state index contributed by atoms with van der Waals surface area (Å²) in [7, 11) is -0.278. The Hall–Kier alpha value is -3.51. The van der Waals surface area contributed by atoms with Crippen molar-refractivity contribution in [3.63, 3.8) is 0 Å². The van der Waals surface area contributed by atoms with Gasteiger partial charge in [0.25, 0.3) is 0 Å². The molecule has 220 valence electrons. The van der Waals surface area contributed by atoms with E-state index in [4.69, 9.17) is 20.4 Å². The van der Waals surface area contributed by atoms with Crippen molar-refractivity contribution in [3.05, 3.63) is 41.6 Å². The van der Waals surface area contributed by atoms with Crippen LogP contribution in [-0.4, -0.2) is 80.3 Å². The van der Waals surface area contributed by atoms with Crippen molar-refractivity contribution in [1.29, 1.82) is 0 Å². The Morgan fingerprint density at radius 1 is 1.17 bits per heavy atom. The second-order valence-electron chi connectivity index (χ2n) is 12.7. The Morgan fingerprint density at radius 3 is 2.60 bits per heavy atom. The first-order chi connectivity index (χ1) is 20.2. The average molecular weight is 591 g/mol. The minimum atomic E-state index is -2.08. The maximum atomic E-state index is 14.7. The number of rotatable bonds is 8. The van der Waals surface area contributed by atoms with Crippen LogP contribution in [0.2, 0.25) is 0 Å². The molecule has 2 saturated heterocycles. The molecule has 3 aliphatic carbocycles. The zero-order valence-corrected chi connectivity index (χ0v) is 24.5. The predicted octanol–water partition coefficient (Wildman–Crippen LogP) is 3.05. The zero-order valence-electron chi connectivity index (χ0n) is 23.7. The van der Waals surface area contributed by atoms with E-state index in [-0.39, 0.29) is 28.5 Å². The highest BCUT2D eigenvalue weighted by molar-refractivity contribution is 8.01. The maximum absolute atomic E-state index is 14.7. The molecule has 2 aromatic heterocycles. The van der Waals surface area contributed by atoms with Crippen LogP contribution in [0.3, 0.4) is 0 Å². The topological polar surface area (TPSA) is 122 Å². The van der Waals surface area contributed by atoms with Gasteiger partial charge in [0.1, 0.15) is 11.6 Å². The first-order valence-electron chi connectivity index (χ1n) is 14.7. The van der Waals surface area contributed by atoms with E-state index in [1.54, 1.807) is 25.5 Å². The summed E-state index contributed by atoms with van der Waals surface area (Å²) in [5.74, 6) is 6.81. The van der Waals surface area contributed by atoms with Gasteiger partial charge in [-0.15, -0.1) is 0 Å². The summed E-state index contributed by atoms with van der Waals surface area (Å²) in [6, 6.07) is 3.36. The van der Waals surface area contributed by atoms with Crippen LogP contribution in [0.4, 0.5) is 21.8 Å². The number of fused-ring (bicyclic) bond motifs is 3. The largest absolute Gasteiger partial charge is 0.421 e. The molecule has 2 atom stereocenters. The van der Waals surface area contributed by atoms with Gasteiger partial charge >= 0.3 is 6.01 Å². The van der Waals surface area contributed by atoms with E-state index in [0.717, 1.165) is 59.0 Å². The maximum Gasteiger partial charge on any atom is 0.324 e. The number of ether oxygens (including phenoxy) is 1. The molecule has 0 radical (unpaired) electrons. The Kier molecular flexibility index (Phi) is 5.75. The number of anilines is 3. The van der Waals surface area contributed by atoms with Crippen LogP contribution in [0.25, 0.3) is 11.1 Å². The van der Waals surface area contributed by atoms with Gasteiger partial charge in [-0.3, -0.25) is 4.21 Å². The molecule has 0 bridgehead atoms. The van der Waals surface area contributed by atoms with Gasteiger partial charge in [-0.1, -0.05) is 0 Å². The number of benzene rings is 1. The molecule has 2 saturated carbocycles. The van der Waals surface area contributed by atoms with E-state index in [9.17, 15) is 8.60 Å². The summed E-state index contributed by atoms with van der Waals surface area (Å²) < 4.78 is 33.8. The molecule has 4 heterocycles. The fraction of sp³-hybridized carbons (Fsp3) is 0.500. The highest BCUT2D eigenvalue weighted by Crippen LogP contribution is 2.54. The Morgan fingerprint density at radius 2 is 1.93 bits per heavy atom. The number of hydrogen-bond acceptors (Lipinski definition) is 10. The normalized spacial score (nSPS) is 23.4. The average Bonchev–Trinajstić information content (AvgIpc) is 3.83. The Balaban J connectivity index is 1.05. The third-order valence-electron chi connectivity index (χ3n) is 9.72. The van der Waals surface area contributed by atoms with Crippen LogP contribution in [0.1, 0.15) is 36.9 Å². The number of aromatic nitrogens is 4. The molecule has 42 heavy (non-hydrogen) atoms. The third-order valence-corrected chi connectivity index (χ3v) is 12.3. The van der Waals surface area contributed by atoms with Gasteiger partial charge in [0, 0.05) is 68.1 Å². The van der Waals surface area contributed by atoms with E-state index in [1.165, 1.54) is 18.9 Å². The molecular weight excluding hydrogens is 555 g/mol. The molecule has 3 aromatic rings. The van der Waals surface area contributed by atoms with Crippen molar-refractivity contribution in [2.75, 3.05) is 54.1 Å². The van der Waals surface area contributed by atoms with Crippen LogP contribution in [0.5, 0.6) is 11.8 Å². The fourth-order valence-electron chi connectivity index (χ4n) is 6.76. The molecule has 5 aliphatic rings. The minimum absolute atomic E-state index is 0.0707. The van der Waals surface area contributed by atoms with E-state index >= 15 is 0 Å². The van der Waals surface area contributed by atoms with E-state index in [0.29, 0.717) is 43.7 Å². The number of nitrogens with zero attached hydrogens (tertiary/aromatic N) is 6. The van der Waals surface area contributed by atoms with Gasteiger partial charge in [-0.2, -0.15) is 9.97 Å². The molecule has 1 aromatic carbocycles. The van der Waals surface area contributed by atoms with Gasteiger partial charge in [0.15, 0.2) is 5.75 Å². The molecule has 1 unspecified atom stereocenters. The molecule has 2 aliphatic heterocycles. The number of halogens is 1. The van der Waals surface area contributed by atoms with Crippen LogP contribution in [0, 0.1) is 17.2 Å². The number of nitrogens with two attached hydrogens (primary N) is 1. The number of nitrogens with one attached hydrogen (secondary N) is 1. The predicted molar refractivity (Wildman–Crippen MR) is 163 cm³/mol. The van der Waals surface area contributed by atoms with Crippen LogP contribution < -0.4 is 25.6 Å². The standard InChI is InChI=1S/C30H35FN8O2S/c1-33-23-8-18(31)7-22-21(23)9-24-26(22)27(39-14-25(32)30(16-39)5-6-30)37-29(36-24)41-19-10-34-28(35-11-19)38-12-20(13-38)42(2,40)15-17-3-4-17/h7-8,10-11,17,20,25,33H,2-6,9,12-16,32H2,1H3/t25-,42?/m0/s1. The summed E-state index contributed by atoms with van der Waals surface area (Å²) in [6.07, 6.45) is 8.36. The number of hydrogen-bond donors (Lipinski definition) is 2. The fourth-order valence-corrected chi connectivity index (χ4v) is 9.06. The van der Waals surface area contributed by atoms with E-state index in [1.807, 2.05) is 4.90 Å². The minimum Gasteiger partial charge on any atom is -0.421 e. The lowest BCUT2D eigenvalue weighted by atomic mass is 10.0. The van der Waals surface area contributed by atoms with Crippen LogP contribution in [-0.2, 0) is 15.9 Å². The van der Waals surface area contributed by atoms with Gasteiger partial charge in [0.05, 0.1) is 23.3 Å². The summed E-state index contributed by atoms with van der Waals surface area (Å²) in [4.78, 5) is 22.9. The van der Waals surface area contributed by atoms with Gasteiger partial charge in [0.2, 0.25) is 5.95 Å². The molecular formula is C30H35FN8O2S. The SMILES string of the molecule is C=S(=O)(CC1CC1)C1CN(c2ncc(Oc3nc4c(c(N5C[C@H](N)C6(CC6)C5)n3)-c3cc(F)cc(NC)c3C4)cn2)C1. The van der Waals surface area contributed by atoms with Gasteiger partial charge in [-0.25, -0.2) is 14.4 Å². The molecule has 0 amide bonds. The first-order valence-corrected chi connectivity index (χ1v) is 16.7. The molecule has 4 fully saturated rings. The molecule has 10 nitrogen and oxygen atoms in total. The van der Waals surface area contributed by atoms with Gasteiger partial charge in [-0.05, 0) is 70.3 Å². The van der Waals surface area contributed by atoms with Gasteiger partial charge < -0.3 is 25.6 Å². The summed E-state index contributed by atoms with van der Waals surface area (Å²) in [5.41, 5.74) is 10.9. The highest BCUT2D eigenvalue weighted by atomic mass is 32.2.